The van der Waals surface area contributed by atoms with Gasteiger partial charge in [-0.2, -0.15) is 0 Å². The molecular weight excluding hydrogens is 556 g/mol. The second-order valence-corrected chi connectivity index (χ2v) is 12.2. The van der Waals surface area contributed by atoms with Gasteiger partial charge in [0.1, 0.15) is 10.8 Å². The van der Waals surface area contributed by atoms with E-state index in [2.05, 4.69) is 20.8 Å². The summed E-state index contributed by atoms with van der Waals surface area (Å²) < 4.78 is 11.2. The highest BCUT2D eigenvalue weighted by atomic mass is 35.5. The number of hydrogen-bond acceptors (Lipinski definition) is 10. The van der Waals surface area contributed by atoms with Crippen LogP contribution in [0.25, 0.3) is 0 Å². The number of nitrogens with zero attached hydrogens (tertiary/aromatic N) is 2. The zero-order chi connectivity index (χ0) is 26.4. The van der Waals surface area contributed by atoms with Crippen LogP contribution in [-0.4, -0.2) is 46.4 Å². The SMILES string of the molecule is CCOC(=O)c1c(NC(=O)C(C)Sc2nnc(NC(=O)COc3ccc(Cl)cc3)s2)sc2c1CCCC2. The number of hydrogen-bond donors (Lipinski definition) is 2. The highest BCUT2D eigenvalue weighted by molar-refractivity contribution is 8.02. The fourth-order valence-electron chi connectivity index (χ4n) is 3.63. The number of benzene rings is 1. The highest BCUT2D eigenvalue weighted by Crippen LogP contribution is 2.39. The maximum atomic E-state index is 13.0. The Labute approximate surface area is 231 Å². The number of carbonyl (C=O) groups is 3. The Kier molecular flexibility index (Phi) is 9.41. The first-order valence-electron chi connectivity index (χ1n) is 11.6. The van der Waals surface area contributed by atoms with Crippen molar-refractivity contribution in [2.45, 2.75) is 49.1 Å². The van der Waals surface area contributed by atoms with Crippen LogP contribution >= 0.6 is 46.0 Å². The zero-order valence-corrected chi connectivity index (χ0v) is 23.4. The lowest BCUT2D eigenvalue weighted by Crippen LogP contribution is -2.23. The quantitative estimate of drug-likeness (QED) is 0.185. The molecule has 2 heterocycles. The summed E-state index contributed by atoms with van der Waals surface area (Å²) in [4.78, 5) is 38.9. The number of aryl methyl sites for hydroxylation is 1. The number of ether oxygens (including phenoxy) is 2. The molecule has 0 radical (unpaired) electrons. The number of fused-ring (bicyclic) bond motifs is 1. The molecule has 13 heteroatoms. The van der Waals surface area contributed by atoms with Crippen molar-refractivity contribution >= 4 is 74.0 Å². The third kappa shape index (κ3) is 7.22. The molecule has 0 saturated heterocycles. The van der Waals surface area contributed by atoms with Crippen molar-refractivity contribution in [2.24, 2.45) is 0 Å². The summed E-state index contributed by atoms with van der Waals surface area (Å²) >= 11 is 9.66. The van der Waals surface area contributed by atoms with E-state index in [-0.39, 0.29) is 25.0 Å². The predicted molar refractivity (Wildman–Crippen MR) is 146 cm³/mol. The van der Waals surface area contributed by atoms with E-state index in [4.69, 9.17) is 21.1 Å². The molecule has 37 heavy (non-hydrogen) atoms. The number of nitrogens with one attached hydrogen (secondary N) is 2. The molecule has 4 rings (SSSR count). The predicted octanol–water partition coefficient (Wildman–Crippen LogP) is 5.45. The van der Waals surface area contributed by atoms with Crippen molar-refractivity contribution < 1.29 is 23.9 Å². The minimum absolute atomic E-state index is 0.198. The van der Waals surface area contributed by atoms with Crippen molar-refractivity contribution in [1.29, 1.82) is 0 Å². The van der Waals surface area contributed by atoms with Gasteiger partial charge >= 0.3 is 5.97 Å². The summed E-state index contributed by atoms with van der Waals surface area (Å²) in [5.74, 6) is -0.527. The lowest BCUT2D eigenvalue weighted by Gasteiger charge is -2.13. The number of carbonyl (C=O) groups excluding carboxylic acids is 3. The van der Waals surface area contributed by atoms with Gasteiger partial charge in [0.2, 0.25) is 11.0 Å². The molecule has 2 N–H and O–H groups in total. The molecule has 0 bridgehead atoms. The Hall–Kier alpha value is -2.67. The maximum absolute atomic E-state index is 13.0. The van der Waals surface area contributed by atoms with Crippen LogP contribution in [0, 0.1) is 0 Å². The monoisotopic (exact) mass is 580 g/mol. The van der Waals surface area contributed by atoms with E-state index in [1.54, 1.807) is 38.1 Å². The Balaban J connectivity index is 1.32. The molecule has 0 aliphatic heterocycles. The van der Waals surface area contributed by atoms with Gasteiger partial charge in [0, 0.05) is 9.90 Å². The first-order chi connectivity index (χ1) is 17.8. The van der Waals surface area contributed by atoms with Crippen LogP contribution in [0.15, 0.2) is 28.6 Å². The average Bonchev–Trinajstić information content (AvgIpc) is 3.47. The van der Waals surface area contributed by atoms with E-state index >= 15 is 0 Å². The van der Waals surface area contributed by atoms with E-state index in [0.29, 0.717) is 30.8 Å². The zero-order valence-electron chi connectivity index (χ0n) is 20.2. The van der Waals surface area contributed by atoms with Gasteiger partial charge in [-0.15, -0.1) is 21.5 Å². The normalized spacial score (nSPS) is 13.4. The first kappa shape index (κ1) is 27.4. The van der Waals surface area contributed by atoms with E-state index < -0.39 is 11.2 Å². The molecule has 1 unspecified atom stereocenters. The van der Waals surface area contributed by atoms with Gasteiger partial charge in [0.05, 0.1) is 17.4 Å². The second kappa shape index (κ2) is 12.7. The Morgan fingerprint density at radius 2 is 1.86 bits per heavy atom. The number of rotatable bonds is 10. The lowest BCUT2D eigenvalue weighted by atomic mass is 9.95. The molecule has 1 atom stereocenters. The summed E-state index contributed by atoms with van der Waals surface area (Å²) in [6.45, 7) is 3.58. The molecule has 2 aromatic heterocycles. The summed E-state index contributed by atoms with van der Waals surface area (Å²) in [6, 6.07) is 6.68. The molecule has 9 nitrogen and oxygen atoms in total. The maximum Gasteiger partial charge on any atom is 0.341 e. The van der Waals surface area contributed by atoms with Gasteiger partial charge in [-0.05, 0) is 69.4 Å². The van der Waals surface area contributed by atoms with Crippen molar-refractivity contribution in [1.82, 2.24) is 10.2 Å². The van der Waals surface area contributed by atoms with Crippen molar-refractivity contribution in [3.63, 3.8) is 0 Å². The smallest absolute Gasteiger partial charge is 0.341 e. The van der Waals surface area contributed by atoms with Crippen LogP contribution in [0.2, 0.25) is 5.02 Å². The van der Waals surface area contributed by atoms with E-state index in [9.17, 15) is 14.4 Å². The summed E-state index contributed by atoms with van der Waals surface area (Å²) in [5, 5.41) is 14.5. The molecular formula is C24H25ClN4O5S3. The standard InChI is InChI=1S/C24H25ClN4O5S3/c1-3-33-22(32)19-16-6-4-5-7-17(16)36-21(19)27-20(31)13(2)35-24-29-28-23(37-24)26-18(30)12-34-15-10-8-14(25)9-11-15/h8-11,13H,3-7,12H2,1-2H3,(H,27,31)(H,26,28,30). The van der Waals surface area contributed by atoms with Crippen LogP contribution < -0.4 is 15.4 Å². The van der Waals surface area contributed by atoms with Crippen molar-refractivity contribution in [3.05, 3.63) is 45.3 Å². The largest absolute Gasteiger partial charge is 0.484 e. The van der Waals surface area contributed by atoms with E-state index in [0.717, 1.165) is 47.5 Å². The van der Waals surface area contributed by atoms with E-state index in [1.165, 1.54) is 23.1 Å². The Morgan fingerprint density at radius 1 is 1.11 bits per heavy atom. The number of amides is 2. The van der Waals surface area contributed by atoms with Crippen LogP contribution in [-0.2, 0) is 27.2 Å². The third-order valence-electron chi connectivity index (χ3n) is 5.37. The molecule has 1 aliphatic carbocycles. The lowest BCUT2D eigenvalue weighted by molar-refractivity contribution is -0.118. The topological polar surface area (TPSA) is 120 Å². The van der Waals surface area contributed by atoms with Gasteiger partial charge in [0.25, 0.3) is 5.91 Å². The molecule has 0 spiro atoms. The van der Waals surface area contributed by atoms with Crippen LogP contribution in [0.4, 0.5) is 10.1 Å². The van der Waals surface area contributed by atoms with Crippen LogP contribution in [0.5, 0.6) is 5.75 Å². The minimum atomic E-state index is -0.515. The van der Waals surface area contributed by atoms with Gasteiger partial charge in [-0.1, -0.05) is 34.7 Å². The average molecular weight is 581 g/mol. The second-order valence-electron chi connectivity index (χ2n) is 8.05. The Morgan fingerprint density at radius 3 is 2.62 bits per heavy atom. The van der Waals surface area contributed by atoms with Gasteiger partial charge < -0.3 is 14.8 Å². The number of esters is 1. The first-order valence-corrected chi connectivity index (χ1v) is 14.5. The van der Waals surface area contributed by atoms with Crippen molar-refractivity contribution in [2.75, 3.05) is 23.8 Å². The summed E-state index contributed by atoms with van der Waals surface area (Å²) in [6.07, 6.45) is 3.79. The molecule has 0 saturated carbocycles. The third-order valence-corrected chi connectivity index (χ3v) is 8.85. The van der Waals surface area contributed by atoms with E-state index in [1.807, 2.05) is 0 Å². The number of thiophene rings is 1. The molecule has 196 valence electrons. The fourth-order valence-corrected chi connectivity index (χ4v) is 6.95. The molecule has 1 aliphatic rings. The number of aromatic nitrogens is 2. The molecule has 3 aromatic rings. The minimum Gasteiger partial charge on any atom is -0.484 e. The van der Waals surface area contributed by atoms with Crippen LogP contribution in [0.1, 0.15) is 47.5 Å². The number of thioether (sulfide) groups is 1. The van der Waals surface area contributed by atoms with Gasteiger partial charge in [-0.25, -0.2) is 4.79 Å². The highest BCUT2D eigenvalue weighted by Gasteiger charge is 2.28. The van der Waals surface area contributed by atoms with Crippen LogP contribution in [0.3, 0.4) is 0 Å². The Bertz CT molecular complexity index is 1280. The van der Waals surface area contributed by atoms with Crippen molar-refractivity contribution in [3.8, 4) is 5.75 Å². The fraction of sp³-hybridized carbons (Fsp3) is 0.375. The summed E-state index contributed by atoms with van der Waals surface area (Å²) in [7, 11) is 0. The number of anilines is 2. The molecule has 1 aromatic carbocycles. The molecule has 2 amide bonds. The molecule has 0 fully saturated rings. The number of halogens is 1. The summed E-state index contributed by atoms with van der Waals surface area (Å²) in [5.41, 5.74) is 1.48. The van der Waals surface area contributed by atoms with Gasteiger partial charge in [-0.3, -0.25) is 14.9 Å². The van der Waals surface area contributed by atoms with Gasteiger partial charge in [0.15, 0.2) is 10.9 Å².